The lowest BCUT2D eigenvalue weighted by molar-refractivity contribution is -0.136. The van der Waals surface area contributed by atoms with Gasteiger partial charge in [0, 0.05) is 18.3 Å². The number of rotatable bonds is 9. The van der Waals surface area contributed by atoms with Crippen molar-refractivity contribution in [3.8, 4) is 17.6 Å². The van der Waals surface area contributed by atoms with Crippen LogP contribution < -0.4 is 14.4 Å². The van der Waals surface area contributed by atoms with Crippen LogP contribution in [0, 0.1) is 11.3 Å². The second-order valence-electron chi connectivity index (χ2n) is 4.22. The van der Waals surface area contributed by atoms with Crippen LogP contribution in [-0.4, -0.2) is 37.4 Å². The minimum Gasteiger partial charge on any atom is -0.490 e. The quantitative estimate of drug-likeness (QED) is 0.703. The van der Waals surface area contributed by atoms with Gasteiger partial charge >= 0.3 is 5.97 Å². The summed E-state index contributed by atoms with van der Waals surface area (Å²) in [5, 5.41) is 17.7. The van der Waals surface area contributed by atoms with E-state index in [4.69, 9.17) is 19.8 Å². The van der Waals surface area contributed by atoms with Gasteiger partial charge in [-0.15, -0.1) is 0 Å². The van der Waals surface area contributed by atoms with Crippen molar-refractivity contribution in [3.05, 3.63) is 18.2 Å². The van der Waals surface area contributed by atoms with Crippen molar-refractivity contribution in [1.82, 2.24) is 0 Å². The number of anilines is 1. The highest BCUT2D eigenvalue weighted by atomic mass is 16.5. The van der Waals surface area contributed by atoms with Gasteiger partial charge in [-0.2, -0.15) is 5.26 Å². The number of carboxylic acids is 1. The average molecular weight is 292 g/mol. The molecule has 1 aromatic rings. The first-order valence-electron chi connectivity index (χ1n) is 6.85. The number of hydrogen-bond donors (Lipinski definition) is 1. The highest BCUT2D eigenvalue weighted by Gasteiger charge is 2.12. The maximum atomic E-state index is 10.7. The van der Waals surface area contributed by atoms with Crippen LogP contribution in [0.3, 0.4) is 0 Å². The molecule has 1 aromatic carbocycles. The molecular formula is C15H20N2O4. The lowest BCUT2D eigenvalue weighted by Gasteiger charge is -2.22. The van der Waals surface area contributed by atoms with Crippen LogP contribution >= 0.6 is 0 Å². The van der Waals surface area contributed by atoms with Crippen molar-refractivity contribution in [1.29, 1.82) is 5.26 Å². The van der Waals surface area contributed by atoms with Crippen molar-refractivity contribution in [2.75, 3.05) is 31.2 Å². The predicted octanol–water partition coefficient (Wildman–Crippen LogP) is 2.29. The van der Waals surface area contributed by atoms with Gasteiger partial charge < -0.3 is 19.5 Å². The van der Waals surface area contributed by atoms with Gasteiger partial charge in [-0.1, -0.05) is 0 Å². The van der Waals surface area contributed by atoms with Crippen LogP contribution in [-0.2, 0) is 4.79 Å². The van der Waals surface area contributed by atoms with Crippen LogP contribution in [0.5, 0.6) is 11.5 Å². The molecule has 0 fully saturated rings. The highest BCUT2D eigenvalue weighted by molar-refractivity contribution is 5.68. The number of hydrogen-bond acceptors (Lipinski definition) is 5. The summed E-state index contributed by atoms with van der Waals surface area (Å²) in [6, 6.07) is 7.38. The molecule has 0 unspecified atom stereocenters. The molecular weight excluding hydrogens is 272 g/mol. The van der Waals surface area contributed by atoms with Crippen molar-refractivity contribution in [3.63, 3.8) is 0 Å². The normalized spacial score (nSPS) is 9.76. The average Bonchev–Trinajstić information content (AvgIpc) is 2.45. The fourth-order valence-corrected chi connectivity index (χ4v) is 1.85. The third-order valence-corrected chi connectivity index (χ3v) is 2.75. The summed E-state index contributed by atoms with van der Waals surface area (Å²) in [7, 11) is 0. The maximum Gasteiger partial charge on any atom is 0.305 e. The van der Waals surface area contributed by atoms with E-state index in [9.17, 15) is 4.79 Å². The first-order valence-corrected chi connectivity index (χ1v) is 6.85. The minimum atomic E-state index is -0.895. The fraction of sp³-hybridized carbons (Fsp3) is 0.467. The van der Waals surface area contributed by atoms with E-state index in [1.165, 1.54) is 0 Å². The van der Waals surface area contributed by atoms with Gasteiger partial charge in [0.2, 0.25) is 0 Å². The summed E-state index contributed by atoms with van der Waals surface area (Å²) in [4.78, 5) is 12.4. The van der Waals surface area contributed by atoms with Gasteiger partial charge in [-0.25, -0.2) is 0 Å². The van der Waals surface area contributed by atoms with Gasteiger partial charge in [-0.3, -0.25) is 4.79 Å². The number of carboxylic acid groups (broad SMARTS) is 1. The lowest BCUT2D eigenvalue weighted by Crippen LogP contribution is -2.26. The number of aliphatic carboxylic acids is 1. The van der Waals surface area contributed by atoms with Crippen LogP contribution in [0.2, 0.25) is 0 Å². The van der Waals surface area contributed by atoms with E-state index in [-0.39, 0.29) is 19.5 Å². The van der Waals surface area contributed by atoms with E-state index in [0.29, 0.717) is 24.7 Å². The minimum absolute atomic E-state index is 0.0289. The largest absolute Gasteiger partial charge is 0.490 e. The lowest BCUT2D eigenvalue weighted by atomic mass is 10.2. The number of nitriles is 1. The Morgan fingerprint density at radius 3 is 2.52 bits per heavy atom. The van der Waals surface area contributed by atoms with Gasteiger partial charge in [0.05, 0.1) is 25.7 Å². The molecule has 0 saturated heterocycles. The Hall–Kier alpha value is -2.42. The second-order valence-corrected chi connectivity index (χ2v) is 4.22. The monoisotopic (exact) mass is 292 g/mol. The molecule has 0 atom stereocenters. The Kier molecular flexibility index (Phi) is 6.88. The van der Waals surface area contributed by atoms with E-state index in [0.717, 1.165) is 5.69 Å². The molecule has 0 bridgehead atoms. The molecule has 1 rings (SSSR count). The standard InChI is InChI=1S/C15H20N2O4/c1-3-20-13-6-5-12(11-14(13)21-4-2)17(10-8-16)9-7-15(18)19/h5-6,11H,3-4,7,9-10H2,1-2H3,(H,18,19). The van der Waals surface area contributed by atoms with Gasteiger partial charge in [0.25, 0.3) is 0 Å². The van der Waals surface area contributed by atoms with E-state index < -0.39 is 5.97 Å². The van der Waals surface area contributed by atoms with Crippen LogP contribution in [0.15, 0.2) is 18.2 Å². The topological polar surface area (TPSA) is 82.8 Å². The molecule has 114 valence electrons. The SMILES string of the molecule is CCOc1ccc(N(CC#N)CCC(=O)O)cc1OCC. The van der Waals surface area contributed by atoms with E-state index in [1.807, 2.05) is 19.9 Å². The van der Waals surface area contributed by atoms with Crippen molar-refractivity contribution < 1.29 is 19.4 Å². The smallest absolute Gasteiger partial charge is 0.305 e. The summed E-state index contributed by atoms with van der Waals surface area (Å²) in [6.45, 7) is 5.17. The van der Waals surface area contributed by atoms with Gasteiger partial charge in [0.1, 0.15) is 6.54 Å². The second kappa shape index (κ2) is 8.69. The molecule has 0 heterocycles. The molecule has 0 amide bonds. The Balaban J connectivity index is 2.99. The van der Waals surface area contributed by atoms with E-state index in [2.05, 4.69) is 0 Å². The molecule has 0 aliphatic heterocycles. The molecule has 6 heteroatoms. The zero-order chi connectivity index (χ0) is 15.7. The predicted molar refractivity (Wildman–Crippen MR) is 78.9 cm³/mol. The summed E-state index contributed by atoms with van der Waals surface area (Å²) in [6.07, 6.45) is -0.0289. The Morgan fingerprint density at radius 1 is 1.29 bits per heavy atom. The van der Waals surface area contributed by atoms with Crippen LogP contribution in [0.25, 0.3) is 0 Å². The third-order valence-electron chi connectivity index (χ3n) is 2.75. The molecule has 0 radical (unpaired) electrons. The molecule has 0 aromatic heterocycles. The van der Waals surface area contributed by atoms with Crippen LogP contribution in [0.1, 0.15) is 20.3 Å². The summed E-state index contributed by atoms with van der Waals surface area (Å²) >= 11 is 0. The van der Waals surface area contributed by atoms with Gasteiger partial charge in [-0.05, 0) is 26.0 Å². The third kappa shape index (κ3) is 5.22. The van der Waals surface area contributed by atoms with E-state index in [1.54, 1.807) is 23.1 Å². The zero-order valence-corrected chi connectivity index (χ0v) is 12.3. The number of benzene rings is 1. The summed E-state index contributed by atoms with van der Waals surface area (Å²) in [5.74, 6) is 0.335. The summed E-state index contributed by atoms with van der Waals surface area (Å²) in [5.41, 5.74) is 0.740. The molecule has 6 nitrogen and oxygen atoms in total. The molecule has 21 heavy (non-hydrogen) atoms. The highest BCUT2D eigenvalue weighted by Crippen LogP contribution is 2.32. The molecule has 0 aliphatic rings. The van der Waals surface area contributed by atoms with E-state index >= 15 is 0 Å². The molecule has 0 spiro atoms. The number of nitrogens with zero attached hydrogens (tertiary/aromatic N) is 2. The Morgan fingerprint density at radius 2 is 1.95 bits per heavy atom. The van der Waals surface area contributed by atoms with Gasteiger partial charge in [0.15, 0.2) is 11.5 Å². The number of ether oxygens (including phenoxy) is 2. The zero-order valence-electron chi connectivity index (χ0n) is 12.3. The molecule has 0 aliphatic carbocycles. The van der Waals surface area contributed by atoms with Crippen molar-refractivity contribution in [2.24, 2.45) is 0 Å². The first-order chi connectivity index (χ1) is 10.1. The fourth-order valence-electron chi connectivity index (χ4n) is 1.85. The molecule has 0 saturated carbocycles. The van der Waals surface area contributed by atoms with Crippen LogP contribution in [0.4, 0.5) is 5.69 Å². The summed E-state index contributed by atoms with van der Waals surface area (Å²) < 4.78 is 11.0. The first kappa shape index (κ1) is 16.6. The maximum absolute atomic E-state index is 10.7. The van der Waals surface area contributed by atoms with Crippen molar-refractivity contribution >= 4 is 11.7 Å². The Bertz CT molecular complexity index is 511. The molecule has 1 N–H and O–H groups in total. The van der Waals surface area contributed by atoms with Crippen molar-refractivity contribution in [2.45, 2.75) is 20.3 Å². The Labute approximate surface area is 124 Å². The number of carbonyl (C=O) groups is 1.